The molecule has 286 valence electrons. The SMILES string of the molecule is c1ccc(-c2ccc(N(c3cccc(-c4ccccc4)c3)c3ccc4c(c3)c3c(-c5ccccc5)c5c(cc3n4-c3cccc4ccccc34)oc3ccccc35)cc2)cc1. The van der Waals surface area contributed by atoms with E-state index in [1.165, 1.54) is 44.0 Å². The number of hydrogen-bond donors (Lipinski definition) is 0. The normalized spacial score (nSPS) is 11.6. The van der Waals surface area contributed by atoms with Crippen molar-refractivity contribution < 1.29 is 4.42 Å². The molecule has 10 aromatic carbocycles. The van der Waals surface area contributed by atoms with Crippen LogP contribution in [0.15, 0.2) is 235 Å². The molecule has 0 spiro atoms. The van der Waals surface area contributed by atoms with Crippen molar-refractivity contribution in [2.45, 2.75) is 0 Å². The molecule has 0 atom stereocenters. The lowest BCUT2D eigenvalue weighted by atomic mass is 9.94. The Labute approximate surface area is 353 Å². The number of fused-ring (bicyclic) bond motifs is 7. The summed E-state index contributed by atoms with van der Waals surface area (Å²) >= 11 is 0. The molecular formula is C58H38N2O. The van der Waals surface area contributed by atoms with E-state index in [4.69, 9.17) is 4.42 Å². The smallest absolute Gasteiger partial charge is 0.138 e. The van der Waals surface area contributed by atoms with E-state index < -0.39 is 0 Å². The second-order valence-corrected chi connectivity index (χ2v) is 15.7. The molecule has 0 aliphatic heterocycles. The summed E-state index contributed by atoms with van der Waals surface area (Å²) in [5, 5.41) is 6.97. The summed E-state index contributed by atoms with van der Waals surface area (Å²) in [6, 6.07) is 82.9. The van der Waals surface area contributed by atoms with Gasteiger partial charge in [0.25, 0.3) is 0 Å². The van der Waals surface area contributed by atoms with E-state index in [0.29, 0.717) is 0 Å². The number of nitrogens with zero attached hydrogens (tertiary/aromatic N) is 2. The van der Waals surface area contributed by atoms with E-state index in [1.54, 1.807) is 0 Å². The average Bonchev–Trinajstić information content (AvgIpc) is 3.87. The lowest BCUT2D eigenvalue weighted by molar-refractivity contribution is 0.669. The zero-order valence-corrected chi connectivity index (χ0v) is 33.2. The van der Waals surface area contributed by atoms with Crippen LogP contribution in [0.5, 0.6) is 0 Å². The molecule has 0 N–H and O–H groups in total. The highest BCUT2D eigenvalue weighted by Crippen LogP contribution is 2.48. The van der Waals surface area contributed by atoms with Gasteiger partial charge in [0.05, 0.1) is 16.7 Å². The molecule has 0 amide bonds. The molecule has 12 rings (SSSR count). The first-order valence-electron chi connectivity index (χ1n) is 20.8. The highest BCUT2D eigenvalue weighted by molar-refractivity contribution is 6.27. The third-order valence-electron chi connectivity index (χ3n) is 12.2. The van der Waals surface area contributed by atoms with Gasteiger partial charge in [0.2, 0.25) is 0 Å². The van der Waals surface area contributed by atoms with Crippen LogP contribution >= 0.6 is 0 Å². The van der Waals surface area contributed by atoms with Gasteiger partial charge < -0.3 is 13.9 Å². The van der Waals surface area contributed by atoms with Crippen LogP contribution in [0.4, 0.5) is 17.1 Å². The van der Waals surface area contributed by atoms with Crippen LogP contribution in [0, 0.1) is 0 Å². The monoisotopic (exact) mass is 778 g/mol. The summed E-state index contributed by atoms with van der Waals surface area (Å²) in [5.74, 6) is 0. The van der Waals surface area contributed by atoms with Gasteiger partial charge in [-0.3, -0.25) is 0 Å². The van der Waals surface area contributed by atoms with Crippen LogP contribution < -0.4 is 4.90 Å². The zero-order valence-electron chi connectivity index (χ0n) is 33.2. The predicted molar refractivity (Wildman–Crippen MR) is 257 cm³/mol. The number of anilines is 3. The van der Waals surface area contributed by atoms with Crippen molar-refractivity contribution in [1.82, 2.24) is 4.57 Å². The second-order valence-electron chi connectivity index (χ2n) is 15.7. The first-order chi connectivity index (χ1) is 30.3. The maximum atomic E-state index is 6.74. The lowest BCUT2D eigenvalue weighted by Gasteiger charge is -2.26. The first kappa shape index (κ1) is 34.9. The molecule has 0 bridgehead atoms. The third-order valence-corrected chi connectivity index (χ3v) is 12.2. The highest BCUT2D eigenvalue weighted by atomic mass is 16.3. The molecule has 3 nitrogen and oxygen atoms in total. The topological polar surface area (TPSA) is 21.3 Å². The van der Waals surface area contributed by atoms with Gasteiger partial charge in [-0.25, -0.2) is 0 Å². The Balaban J connectivity index is 1.18. The Hall–Kier alpha value is -8.14. The fourth-order valence-electron chi connectivity index (χ4n) is 9.40. The Morgan fingerprint density at radius 1 is 0.328 bits per heavy atom. The molecule has 0 radical (unpaired) electrons. The number of para-hydroxylation sites is 1. The zero-order chi connectivity index (χ0) is 40.3. The number of hydrogen-bond acceptors (Lipinski definition) is 2. The Morgan fingerprint density at radius 3 is 1.67 bits per heavy atom. The maximum absolute atomic E-state index is 6.74. The molecule has 0 unspecified atom stereocenters. The molecule has 2 aromatic heterocycles. The minimum Gasteiger partial charge on any atom is -0.456 e. The Bertz CT molecular complexity index is 3560. The maximum Gasteiger partial charge on any atom is 0.138 e. The van der Waals surface area contributed by atoms with E-state index >= 15 is 0 Å². The molecular weight excluding hydrogens is 741 g/mol. The molecule has 0 saturated heterocycles. The fourth-order valence-corrected chi connectivity index (χ4v) is 9.40. The fraction of sp³-hybridized carbons (Fsp3) is 0. The van der Waals surface area contributed by atoms with E-state index in [2.05, 4.69) is 240 Å². The van der Waals surface area contributed by atoms with Crippen molar-refractivity contribution in [2.24, 2.45) is 0 Å². The molecule has 3 heteroatoms. The summed E-state index contributed by atoms with van der Waals surface area (Å²) < 4.78 is 9.19. The van der Waals surface area contributed by atoms with Gasteiger partial charge in [0, 0.05) is 55.6 Å². The van der Waals surface area contributed by atoms with E-state index in [-0.39, 0.29) is 0 Å². The average molecular weight is 779 g/mol. The van der Waals surface area contributed by atoms with Gasteiger partial charge in [0.15, 0.2) is 0 Å². The summed E-state index contributed by atoms with van der Waals surface area (Å²) in [4.78, 5) is 2.40. The molecule has 12 aromatic rings. The van der Waals surface area contributed by atoms with Gasteiger partial charge in [0.1, 0.15) is 11.2 Å². The van der Waals surface area contributed by atoms with Crippen LogP contribution in [-0.4, -0.2) is 4.57 Å². The molecule has 2 heterocycles. The standard InChI is InChI=1S/C58H38N2O/c1-4-16-39(17-5-1)41-30-32-45(33-31-41)59(46-25-14-24-44(36-46)40-18-6-2-7-19-40)47-34-35-52-50(37-47)57-53(60(52)51-28-15-23-42-20-10-11-26-48(42)51)38-55-58(49-27-12-13-29-54(49)61-55)56(57)43-21-8-3-9-22-43/h1-38H. The summed E-state index contributed by atoms with van der Waals surface area (Å²) in [5.41, 5.74) is 15.4. The largest absolute Gasteiger partial charge is 0.456 e. The minimum atomic E-state index is 0.870. The summed E-state index contributed by atoms with van der Waals surface area (Å²) in [6.07, 6.45) is 0. The van der Waals surface area contributed by atoms with Crippen LogP contribution in [-0.2, 0) is 0 Å². The van der Waals surface area contributed by atoms with Gasteiger partial charge in [-0.05, 0) is 87.8 Å². The van der Waals surface area contributed by atoms with E-state index in [9.17, 15) is 0 Å². The minimum absolute atomic E-state index is 0.870. The number of rotatable bonds is 7. The molecule has 0 fully saturated rings. The van der Waals surface area contributed by atoms with Crippen LogP contribution in [0.3, 0.4) is 0 Å². The quantitative estimate of drug-likeness (QED) is 0.161. The van der Waals surface area contributed by atoms with Crippen molar-refractivity contribution >= 4 is 71.6 Å². The Morgan fingerprint density at radius 2 is 0.902 bits per heavy atom. The first-order valence-corrected chi connectivity index (χ1v) is 20.8. The van der Waals surface area contributed by atoms with Gasteiger partial charge >= 0.3 is 0 Å². The van der Waals surface area contributed by atoms with Crippen molar-refractivity contribution in [3.63, 3.8) is 0 Å². The van der Waals surface area contributed by atoms with Crippen molar-refractivity contribution in [2.75, 3.05) is 4.90 Å². The number of furan rings is 1. The van der Waals surface area contributed by atoms with Crippen LogP contribution in [0.1, 0.15) is 0 Å². The highest BCUT2D eigenvalue weighted by Gasteiger charge is 2.25. The lowest BCUT2D eigenvalue weighted by Crippen LogP contribution is -2.10. The molecule has 0 saturated carbocycles. The third kappa shape index (κ3) is 5.82. The summed E-state index contributed by atoms with van der Waals surface area (Å²) in [7, 11) is 0. The van der Waals surface area contributed by atoms with Crippen molar-refractivity contribution in [3.05, 3.63) is 231 Å². The van der Waals surface area contributed by atoms with E-state index in [0.717, 1.165) is 66.7 Å². The predicted octanol–water partition coefficient (Wildman–Crippen LogP) is 16.3. The van der Waals surface area contributed by atoms with Gasteiger partial charge in [-0.15, -0.1) is 0 Å². The Kier molecular flexibility index (Phi) is 8.17. The van der Waals surface area contributed by atoms with E-state index in [1.807, 2.05) is 0 Å². The van der Waals surface area contributed by atoms with Crippen LogP contribution in [0.25, 0.3) is 93.6 Å². The van der Waals surface area contributed by atoms with Gasteiger partial charge in [-0.2, -0.15) is 0 Å². The molecule has 0 aliphatic carbocycles. The number of aromatic nitrogens is 1. The number of benzene rings is 10. The molecule has 0 aliphatic rings. The summed E-state index contributed by atoms with van der Waals surface area (Å²) in [6.45, 7) is 0. The van der Waals surface area contributed by atoms with Crippen molar-refractivity contribution in [1.29, 1.82) is 0 Å². The molecule has 61 heavy (non-hydrogen) atoms. The van der Waals surface area contributed by atoms with Crippen LogP contribution in [0.2, 0.25) is 0 Å². The second kappa shape index (κ2) is 14.3. The van der Waals surface area contributed by atoms with Gasteiger partial charge in [-0.1, -0.05) is 170 Å². The van der Waals surface area contributed by atoms with Crippen molar-refractivity contribution in [3.8, 4) is 39.1 Å².